The Balaban J connectivity index is 0. The Morgan fingerprint density at radius 3 is 1.38 bits per heavy atom. The maximum absolute atomic E-state index is 9.65. The molecule has 0 aliphatic heterocycles. The summed E-state index contributed by atoms with van der Waals surface area (Å²) in [7, 11) is 0. The summed E-state index contributed by atoms with van der Waals surface area (Å²) in [5.74, 6) is -4.83. The average molecular weight is 195 g/mol. The zero-order chi connectivity index (χ0) is 11.0. The summed E-state index contributed by atoms with van der Waals surface area (Å²) in [6.07, 6.45) is 0. The molecule has 0 saturated heterocycles. The van der Waals surface area contributed by atoms with E-state index in [0.717, 1.165) is 0 Å². The third-order valence-corrected chi connectivity index (χ3v) is 0.697. The predicted molar refractivity (Wildman–Crippen MR) is 38.0 cm³/mol. The molecule has 0 aliphatic rings. The van der Waals surface area contributed by atoms with Gasteiger partial charge >= 0.3 is 17.9 Å². The summed E-state index contributed by atoms with van der Waals surface area (Å²) >= 11 is 0. The fraction of sp³-hybridized carbons (Fsp3) is 0.400. The van der Waals surface area contributed by atoms with Crippen molar-refractivity contribution in [2.45, 2.75) is 6.04 Å². The third kappa shape index (κ3) is 10.3. The predicted octanol–water partition coefficient (Wildman–Crippen LogP) is -2.45. The number of hydrogen-bond donors (Lipinski definition) is 5. The summed E-state index contributed by atoms with van der Waals surface area (Å²) in [5.41, 5.74) is 4.77. The molecule has 0 saturated carbocycles. The summed E-state index contributed by atoms with van der Waals surface area (Å²) in [4.78, 5) is 27.8. The minimum Gasteiger partial charge on any atom is -0.480 e. The van der Waals surface area contributed by atoms with Crippen LogP contribution in [0.1, 0.15) is 0 Å². The van der Waals surface area contributed by atoms with Crippen LogP contribution in [0.4, 0.5) is 0 Å². The highest BCUT2D eigenvalue weighted by molar-refractivity contribution is 6.27. The number of aliphatic hydroxyl groups is 1. The van der Waals surface area contributed by atoms with E-state index in [1.54, 1.807) is 0 Å². The molecular formula is C5H9NO7. The van der Waals surface area contributed by atoms with E-state index in [-0.39, 0.29) is 0 Å². The number of nitrogens with two attached hydrogens (primary N) is 1. The van der Waals surface area contributed by atoms with Crippen molar-refractivity contribution in [2.75, 3.05) is 6.61 Å². The molecule has 0 amide bonds. The van der Waals surface area contributed by atoms with E-state index in [2.05, 4.69) is 0 Å². The van der Waals surface area contributed by atoms with Crippen LogP contribution in [-0.2, 0) is 14.4 Å². The van der Waals surface area contributed by atoms with Gasteiger partial charge < -0.3 is 26.2 Å². The first-order valence-electron chi connectivity index (χ1n) is 2.88. The van der Waals surface area contributed by atoms with Crippen molar-refractivity contribution in [1.82, 2.24) is 0 Å². The molecule has 0 fully saturated rings. The van der Waals surface area contributed by atoms with Gasteiger partial charge in [0.15, 0.2) is 0 Å². The summed E-state index contributed by atoms with van der Waals surface area (Å²) in [5, 5.41) is 30.7. The van der Waals surface area contributed by atoms with Crippen molar-refractivity contribution in [1.29, 1.82) is 0 Å². The van der Waals surface area contributed by atoms with Crippen LogP contribution in [0.5, 0.6) is 0 Å². The van der Waals surface area contributed by atoms with Crippen molar-refractivity contribution < 1.29 is 34.8 Å². The first-order valence-corrected chi connectivity index (χ1v) is 2.88. The lowest BCUT2D eigenvalue weighted by molar-refractivity contribution is -0.159. The van der Waals surface area contributed by atoms with E-state index in [4.69, 9.17) is 35.7 Å². The maximum Gasteiger partial charge on any atom is 0.414 e. The van der Waals surface area contributed by atoms with Gasteiger partial charge in [0.1, 0.15) is 6.04 Å². The van der Waals surface area contributed by atoms with Gasteiger partial charge in [0.25, 0.3) is 0 Å². The van der Waals surface area contributed by atoms with E-state index in [9.17, 15) is 4.79 Å². The number of rotatable bonds is 2. The Hall–Kier alpha value is -1.67. The molecule has 0 heterocycles. The molecule has 0 radical (unpaired) electrons. The van der Waals surface area contributed by atoms with Gasteiger partial charge in [-0.3, -0.25) is 4.79 Å². The zero-order valence-electron chi connectivity index (χ0n) is 6.38. The Labute approximate surface area is 72.2 Å². The van der Waals surface area contributed by atoms with Gasteiger partial charge in [0.2, 0.25) is 0 Å². The molecule has 13 heavy (non-hydrogen) atoms. The largest absolute Gasteiger partial charge is 0.480 e. The third-order valence-electron chi connectivity index (χ3n) is 0.697. The van der Waals surface area contributed by atoms with Gasteiger partial charge in [0.05, 0.1) is 6.61 Å². The minimum absolute atomic E-state index is 0.505. The van der Waals surface area contributed by atoms with Crippen molar-refractivity contribution in [3.8, 4) is 0 Å². The highest BCUT2D eigenvalue weighted by Crippen LogP contribution is 1.71. The molecule has 0 aromatic heterocycles. The van der Waals surface area contributed by atoms with E-state index in [1.165, 1.54) is 0 Å². The summed E-state index contributed by atoms with van der Waals surface area (Å²) < 4.78 is 0. The second-order valence-corrected chi connectivity index (χ2v) is 1.74. The number of carbonyl (C=O) groups is 3. The van der Waals surface area contributed by atoms with Crippen LogP contribution in [-0.4, -0.2) is 51.0 Å². The van der Waals surface area contributed by atoms with Crippen molar-refractivity contribution in [3.05, 3.63) is 0 Å². The Kier molecular flexibility index (Phi) is 7.48. The van der Waals surface area contributed by atoms with Gasteiger partial charge in [-0.05, 0) is 0 Å². The monoisotopic (exact) mass is 195 g/mol. The van der Waals surface area contributed by atoms with Crippen LogP contribution >= 0.6 is 0 Å². The molecular weight excluding hydrogens is 186 g/mol. The van der Waals surface area contributed by atoms with Gasteiger partial charge in [-0.2, -0.15) is 0 Å². The second kappa shape index (κ2) is 7.00. The molecule has 76 valence electrons. The van der Waals surface area contributed by atoms with Crippen LogP contribution in [0, 0.1) is 0 Å². The standard InChI is InChI=1S/C3H7NO3.C2H2O4/c4-2(1-5)3(6)7;3-1(4)2(5)6/h2,5H,1,4H2,(H,6,7);(H,3,4)(H,5,6). The summed E-state index contributed by atoms with van der Waals surface area (Å²) in [6.45, 7) is -0.505. The number of aliphatic hydroxyl groups excluding tert-OH is 1. The SMILES string of the molecule is NC(CO)C(=O)O.O=C(O)C(=O)O. The fourth-order valence-electron chi connectivity index (χ4n) is 0.0781. The van der Waals surface area contributed by atoms with Crippen molar-refractivity contribution in [2.24, 2.45) is 5.73 Å². The number of carboxylic acids is 3. The van der Waals surface area contributed by atoms with E-state index < -0.39 is 30.6 Å². The van der Waals surface area contributed by atoms with Gasteiger partial charge in [-0.25, -0.2) is 9.59 Å². The molecule has 0 aromatic rings. The lowest BCUT2D eigenvalue weighted by Crippen LogP contribution is -2.33. The van der Waals surface area contributed by atoms with Crippen LogP contribution in [0.2, 0.25) is 0 Å². The zero-order valence-corrected chi connectivity index (χ0v) is 6.38. The Morgan fingerprint density at radius 2 is 1.38 bits per heavy atom. The average Bonchev–Trinajstić information content (AvgIpc) is 2.03. The van der Waals surface area contributed by atoms with Gasteiger partial charge in [0, 0.05) is 0 Å². The van der Waals surface area contributed by atoms with Crippen LogP contribution in [0.3, 0.4) is 0 Å². The van der Waals surface area contributed by atoms with Crippen LogP contribution < -0.4 is 5.73 Å². The Morgan fingerprint density at radius 1 is 1.08 bits per heavy atom. The summed E-state index contributed by atoms with van der Waals surface area (Å²) in [6, 6.07) is -1.13. The van der Waals surface area contributed by atoms with Gasteiger partial charge in [-0.15, -0.1) is 0 Å². The molecule has 8 heteroatoms. The van der Waals surface area contributed by atoms with Crippen molar-refractivity contribution >= 4 is 17.9 Å². The molecule has 6 N–H and O–H groups in total. The minimum atomic E-state index is -1.82. The highest BCUT2D eigenvalue weighted by Gasteiger charge is 2.07. The number of aliphatic carboxylic acids is 3. The van der Waals surface area contributed by atoms with Crippen LogP contribution in [0.25, 0.3) is 0 Å². The first kappa shape index (κ1) is 13.9. The quantitative estimate of drug-likeness (QED) is 0.303. The lowest BCUT2D eigenvalue weighted by Gasteiger charge is -1.96. The molecule has 0 aromatic carbocycles. The molecule has 0 aliphatic carbocycles. The number of carboxylic acid groups (broad SMARTS) is 3. The van der Waals surface area contributed by atoms with E-state index in [0.29, 0.717) is 0 Å². The normalized spacial score (nSPS) is 10.6. The van der Waals surface area contributed by atoms with E-state index >= 15 is 0 Å². The topological polar surface area (TPSA) is 158 Å². The molecule has 1 atom stereocenters. The fourth-order valence-corrected chi connectivity index (χ4v) is 0.0781. The van der Waals surface area contributed by atoms with Crippen LogP contribution in [0.15, 0.2) is 0 Å². The Bertz CT molecular complexity index is 189. The highest BCUT2D eigenvalue weighted by atomic mass is 16.4. The maximum atomic E-state index is 9.65. The molecule has 0 rings (SSSR count). The molecule has 0 bridgehead atoms. The number of hydrogen-bond acceptors (Lipinski definition) is 5. The smallest absolute Gasteiger partial charge is 0.414 e. The first-order chi connectivity index (χ1) is 5.82. The van der Waals surface area contributed by atoms with E-state index in [1.807, 2.05) is 0 Å². The van der Waals surface area contributed by atoms with Crippen molar-refractivity contribution in [3.63, 3.8) is 0 Å². The second-order valence-electron chi connectivity index (χ2n) is 1.74. The molecule has 0 spiro atoms. The lowest BCUT2D eigenvalue weighted by atomic mass is 10.3. The van der Waals surface area contributed by atoms with Gasteiger partial charge in [-0.1, -0.05) is 0 Å². The molecule has 8 nitrogen and oxygen atoms in total. The molecule has 1 unspecified atom stereocenters.